The lowest BCUT2D eigenvalue weighted by molar-refractivity contribution is 0.182. The number of aromatic nitrogens is 4. The Kier molecular flexibility index (Phi) is 4.60. The van der Waals surface area contributed by atoms with E-state index in [0.717, 1.165) is 36.8 Å². The minimum atomic E-state index is 0.841. The van der Waals surface area contributed by atoms with Crippen molar-refractivity contribution in [2.75, 3.05) is 19.6 Å². The van der Waals surface area contributed by atoms with Crippen LogP contribution in [0.3, 0.4) is 0 Å². The minimum Gasteiger partial charge on any atom is -0.303 e. The standard InChI is InChI=1S/C16H23N5/c1-14-7-5-11-20(13-14)12-6-10-16-17-18-19-21(16)15-8-3-2-4-9-15/h2-4,8-9,14H,5-7,10-13H2,1H3/t14-/m1/s1. The second-order valence-corrected chi connectivity index (χ2v) is 5.99. The van der Waals surface area contributed by atoms with Gasteiger partial charge in [0.05, 0.1) is 5.69 Å². The summed E-state index contributed by atoms with van der Waals surface area (Å²) in [5, 5.41) is 12.1. The third-order valence-corrected chi connectivity index (χ3v) is 4.15. The summed E-state index contributed by atoms with van der Waals surface area (Å²) >= 11 is 0. The SMILES string of the molecule is C[C@@H]1CCCN(CCCc2nnnn2-c2ccccc2)C1. The summed E-state index contributed by atoms with van der Waals surface area (Å²) in [6.45, 7) is 5.98. The van der Waals surface area contributed by atoms with Crippen molar-refractivity contribution in [3.63, 3.8) is 0 Å². The molecule has 5 nitrogen and oxygen atoms in total. The molecule has 0 aliphatic carbocycles. The van der Waals surface area contributed by atoms with E-state index in [-0.39, 0.29) is 0 Å². The summed E-state index contributed by atoms with van der Waals surface area (Å²) in [7, 11) is 0. The van der Waals surface area contributed by atoms with Gasteiger partial charge in [-0.1, -0.05) is 25.1 Å². The van der Waals surface area contributed by atoms with Gasteiger partial charge in [0.2, 0.25) is 0 Å². The predicted molar refractivity (Wildman–Crippen MR) is 82.3 cm³/mol. The monoisotopic (exact) mass is 285 g/mol. The van der Waals surface area contributed by atoms with Crippen LogP contribution < -0.4 is 0 Å². The molecular weight excluding hydrogens is 262 g/mol. The summed E-state index contributed by atoms with van der Waals surface area (Å²) in [6.07, 6.45) is 4.75. The van der Waals surface area contributed by atoms with Gasteiger partial charge < -0.3 is 4.90 Å². The molecule has 0 N–H and O–H groups in total. The maximum Gasteiger partial charge on any atom is 0.156 e. The van der Waals surface area contributed by atoms with Crippen LogP contribution in [0.1, 0.15) is 32.0 Å². The number of tetrazole rings is 1. The van der Waals surface area contributed by atoms with Crippen LogP contribution >= 0.6 is 0 Å². The van der Waals surface area contributed by atoms with Crippen molar-refractivity contribution >= 4 is 0 Å². The molecule has 0 spiro atoms. The first-order valence-corrected chi connectivity index (χ1v) is 7.88. The first kappa shape index (κ1) is 14.2. The fraction of sp³-hybridized carbons (Fsp3) is 0.562. The number of para-hydroxylation sites is 1. The molecular formula is C16H23N5. The summed E-state index contributed by atoms with van der Waals surface area (Å²) in [4.78, 5) is 2.57. The zero-order valence-electron chi connectivity index (χ0n) is 12.6. The van der Waals surface area contributed by atoms with Gasteiger partial charge in [-0.3, -0.25) is 0 Å². The Morgan fingerprint density at radius 1 is 1.24 bits per heavy atom. The zero-order valence-corrected chi connectivity index (χ0v) is 12.6. The lowest BCUT2D eigenvalue weighted by Gasteiger charge is -2.30. The first-order valence-electron chi connectivity index (χ1n) is 7.88. The van der Waals surface area contributed by atoms with Crippen molar-refractivity contribution in [1.82, 2.24) is 25.1 Å². The predicted octanol–water partition coefficient (Wildman–Crippen LogP) is 2.33. The maximum absolute atomic E-state index is 4.17. The van der Waals surface area contributed by atoms with Crippen LogP contribution in [0.15, 0.2) is 30.3 Å². The number of nitrogens with zero attached hydrogens (tertiary/aromatic N) is 5. The molecule has 5 heteroatoms. The van der Waals surface area contributed by atoms with Crippen molar-refractivity contribution in [1.29, 1.82) is 0 Å². The van der Waals surface area contributed by atoms with E-state index in [2.05, 4.69) is 27.3 Å². The van der Waals surface area contributed by atoms with Crippen molar-refractivity contribution in [3.8, 4) is 5.69 Å². The van der Waals surface area contributed by atoms with Crippen LogP contribution in [0.25, 0.3) is 5.69 Å². The minimum absolute atomic E-state index is 0.841. The second kappa shape index (κ2) is 6.80. The lowest BCUT2D eigenvalue weighted by Crippen LogP contribution is -2.35. The van der Waals surface area contributed by atoms with E-state index >= 15 is 0 Å². The maximum atomic E-state index is 4.17. The van der Waals surface area contributed by atoms with Gasteiger partial charge in [0.1, 0.15) is 0 Å². The molecule has 2 aromatic rings. The summed E-state index contributed by atoms with van der Waals surface area (Å²) < 4.78 is 1.85. The highest BCUT2D eigenvalue weighted by molar-refractivity contribution is 5.30. The Balaban J connectivity index is 1.55. The average Bonchev–Trinajstić information content (AvgIpc) is 2.97. The second-order valence-electron chi connectivity index (χ2n) is 5.99. The van der Waals surface area contributed by atoms with E-state index in [1.165, 1.54) is 25.9 Å². The fourth-order valence-corrected chi connectivity index (χ4v) is 3.08. The molecule has 1 aliphatic rings. The molecule has 1 aliphatic heterocycles. The van der Waals surface area contributed by atoms with Crippen LogP contribution in [0, 0.1) is 5.92 Å². The van der Waals surface area contributed by atoms with E-state index in [1.54, 1.807) is 0 Å². The highest BCUT2D eigenvalue weighted by Crippen LogP contribution is 2.16. The Bertz CT molecular complexity index is 551. The molecule has 1 fully saturated rings. The van der Waals surface area contributed by atoms with Gasteiger partial charge in [0.25, 0.3) is 0 Å². The summed E-state index contributed by atoms with van der Waals surface area (Å²) in [5.74, 6) is 1.79. The van der Waals surface area contributed by atoms with Crippen LogP contribution in [-0.2, 0) is 6.42 Å². The third-order valence-electron chi connectivity index (χ3n) is 4.15. The van der Waals surface area contributed by atoms with Gasteiger partial charge in [0, 0.05) is 13.0 Å². The molecule has 21 heavy (non-hydrogen) atoms. The lowest BCUT2D eigenvalue weighted by atomic mass is 10.0. The number of rotatable bonds is 5. The van der Waals surface area contributed by atoms with Gasteiger partial charge in [-0.2, -0.15) is 4.68 Å². The Labute approximate surface area is 126 Å². The molecule has 1 saturated heterocycles. The number of hydrogen-bond acceptors (Lipinski definition) is 4. The van der Waals surface area contributed by atoms with Gasteiger partial charge in [0.15, 0.2) is 5.82 Å². The van der Waals surface area contributed by atoms with Crippen LogP contribution in [0.5, 0.6) is 0 Å². The number of benzene rings is 1. The van der Waals surface area contributed by atoms with Crippen LogP contribution in [0.2, 0.25) is 0 Å². The highest BCUT2D eigenvalue weighted by atomic mass is 15.5. The van der Waals surface area contributed by atoms with E-state index in [0.29, 0.717) is 0 Å². The van der Waals surface area contributed by atoms with Gasteiger partial charge in [-0.05, 0) is 60.8 Å². The zero-order chi connectivity index (χ0) is 14.5. The normalized spacial score (nSPS) is 19.8. The summed E-state index contributed by atoms with van der Waals surface area (Å²) in [5.41, 5.74) is 1.03. The van der Waals surface area contributed by atoms with Crippen molar-refractivity contribution in [2.45, 2.75) is 32.6 Å². The number of likely N-dealkylation sites (tertiary alicyclic amines) is 1. The Hall–Kier alpha value is -1.75. The molecule has 0 unspecified atom stereocenters. The van der Waals surface area contributed by atoms with Crippen LogP contribution in [-0.4, -0.2) is 44.7 Å². The van der Waals surface area contributed by atoms with Gasteiger partial charge >= 0.3 is 0 Å². The van der Waals surface area contributed by atoms with Gasteiger partial charge in [-0.25, -0.2) is 0 Å². The van der Waals surface area contributed by atoms with Crippen molar-refractivity contribution in [2.24, 2.45) is 5.92 Å². The molecule has 112 valence electrons. The van der Waals surface area contributed by atoms with E-state index in [1.807, 2.05) is 35.0 Å². The third kappa shape index (κ3) is 3.67. The molecule has 1 atom stereocenters. The Morgan fingerprint density at radius 2 is 2.10 bits per heavy atom. The summed E-state index contributed by atoms with van der Waals surface area (Å²) in [6, 6.07) is 10.1. The molecule has 1 aromatic heterocycles. The fourth-order valence-electron chi connectivity index (χ4n) is 3.08. The number of hydrogen-bond donors (Lipinski definition) is 0. The topological polar surface area (TPSA) is 46.8 Å². The first-order chi connectivity index (χ1) is 10.3. The van der Waals surface area contributed by atoms with Gasteiger partial charge in [-0.15, -0.1) is 5.10 Å². The number of piperidine rings is 1. The largest absolute Gasteiger partial charge is 0.303 e. The molecule has 3 rings (SSSR count). The quantitative estimate of drug-likeness (QED) is 0.846. The van der Waals surface area contributed by atoms with Crippen LogP contribution in [0.4, 0.5) is 0 Å². The smallest absolute Gasteiger partial charge is 0.156 e. The molecule has 0 radical (unpaired) electrons. The molecule has 2 heterocycles. The average molecular weight is 285 g/mol. The van der Waals surface area contributed by atoms with E-state index < -0.39 is 0 Å². The Morgan fingerprint density at radius 3 is 2.90 bits per heavy atom. The van der Waals surface area contributed by atoms with Crippen molar-refractivity contribution in [3.05, 3.63) is 36.2 Å². The number of aryl methyl sites for hydroxylation is 1. The van der Waals surface area contributed by atoms with E-state index in [4.69, 9.17) is 0 Å². The van der Waals surface area contributed by atoms with E-state index in [9.17, 15) is 0 Å². The van der Waals surface area contributed by atoms with Crippen molar-refractivity contribution < 1.29 is 0 Å². The highest BCUT2D eigenvalue weighted by Gasteiger charge is 2.16. The molecule has 0 amide bonds. The molecule has 0 bridgehead atoms. The molecule has 0 saturated carbocycles. The molecule has 1 aromatic carbocycles.